The summed E-state index contributed by atoms with van der Waals surface area (Å²) in [6, 6.07) is 58.4. The highest BCUT2D eigenvalue weighted by molar-refractivity contribution is 7.00. The molecule has 4 nitrogen and oxygen atoms in total. The lowest BCUT2D eigenvalue weighted by atomic mass is 9.33. The average Bonchev–Trinajstić information content (AvgIpc) is 3.82. The van der Waals surface area contributed by atoms with Gasteiger partial charge in [0.25, 0.3) is 6.71 Å². The van der Waals surface area contributed by atoms with Gasteiger partial charge < -0.3 is 19.1 Å². The first-order valence-corrected chi connectivity index (χ1v) is 26.5. The summed E-state index contributed by atoms with van der Waals surface area (Å²) >= 11 is 0. The first-order chi connectivity index (χ1) is 34.4. The summed E-state index contributed by atoms with van der Waals surface area (Å²) in [7, 11) is 0. The van der Waals surface area contributed by atoms with Crippen LogP contribution in [0.2, 0.25) is 0 Å². The van der Waals surface area contributed by atoms with Crippen molar-refractivity contribution in [1.29, 1.82) is 0 Å². The van der Waals surface area contributed by atoms with Crippen molar-refractivity contribution in [2.24, 2.45) is 0 Å². The fourth-order valence-electron chi connectivity index (χ4n) is 13.9. The van der Waals surface area contributed by atoms with Crippen molar-refractivity contribution in [3.05, 3.63) is 185 Å². The Balaban J connectivity index is 1.12. The molecule has 0 saturated heterocycles. The van der Waals surface area contributed by atoms with E-state index in [-0.39, 0.29) is 28.5 Å². The number of benzene rings is 8. The van der Waals surface area contributed by atoms with Gasteiger partial charge in [-0.1, -0.05) is 140 Å². The number of aryl methyl sites for hydroxylation is 3. The van der Waals surface area contributed by atoms with E-state index in [1.165, 1.54) is 120 Å². The molecule has 9 aromatic rings. The van der Waals surface area contributed by atoms with Crippen molar-refractivity contribution < 1.29 is 4.42 Å². The van der Waals surface area contributed by atoms with Gasteiger partial charge in [-0.15, -0.1) is 0 Å². The molecule has 0 N–H and O–H groups in total. The minimum Gasteiger partial charge on any atom is -0.456 e. The third-order valence-electron chi connectivity index (χ3n) is 17.7. The Kier molecular flexibility index (Phi) is 9.68. The van der Waals surface area contributed by atoms with Crippen LogP contribution in [0, 0.1) is 20.8 Å². The molecule has 2 unspecified atom stereocenters. The van der Waals surface area contributed by atoms with Crippen molar-refractivity contribution in [2.45, 2.75) is 124 Å². The molecule has 4 heterocycles. The van der Waals surface area contributed by atoms with Crippen LogP contribution in [0.15, 0.2) is 156 Å². The average molecular weight is 940 g/mol. The molecule has 0 amide bonds. The Bertz CT molecular complexity index is 3720. The van der Waals surface area contributed by atoms with Crippen molar-refractivity contribution in [2.75, 3.05) is 14.7 Å². The minimum absolute atomic E-state index is 0.0244. The highest BCUT2D eigenvalue weighted by Gasteiger charge is 2.58. The number of rotatable bonds is 4. The van der Waals surface area contributed by atoms with Crippen LogP contribution in [0.5, 0.6) is 0 Å². The fourth-order valence-corrected chi connectivity index (χ4v) is 13.9. The molecule has 72 heavy (non-hydrogen) atoms. The molecule has 2 atom stereocenters. The molecule has 1 aromatic heterocycles. The van der Waals surface area contributed by atoms with Gasteiger partial charge in [0.15, 0.2) is 0 Å². The summed E-state index contributed by atoms with van der Waals surface area (Å²) in [5, 5.41) is 2.26. The van der Waals surface area contributed by atoms with E-state index >= 15 is 0 Å². The van der Waals surface area contributed by atoms with E-state index in [9.17, 15) is 0 Å². The van der Waals surface area contributed by atoms with Crippen LogP contribution in [0.25, 0.3) is 33.1 Å². The van der Waals surface area contributed by atoms with Crippen LogP contribution >= 0.6 is 0 Å². The zero-order valence-electron chi connectivity index (χ0n) is 44.1. The van der Waals surface area contributed by atoms with Gasteiger partial charge in [-0.05, 0) is 179 Å². The Morgan fingerprint density at radius 2 is 1.14 bits per heavy atom. The molecule has 0 radical (unpaired) electrons. The third kappa shape index (κ3) is 6.44. The maximum atomic E-state index is 6.51. The lowest BCUT2D eigenvalue weighted by Crippen LogP contribution is -2.61. The van der Waals surface area contributed by atoms with E-state index in [1.54, 1.807) is 0 Å². The largest absolute Gasteiger partial charge is 0.456 e. The summed E-state index contributed by atoms with van der Waals surface area (Å²) in [5.41, 5.74) is 26.1. The van der Waals surface area contributed by atoms with Gasteiger partial charge in [0.1, 0.15) is 11.2 Å². The number of hydrogen-bond acceptors (Lipinski definition) is 4. The summed E-state index contributed by atoms with van der Waals surface area (Å²) < 4.78 is 6.51. The molecule has 1 fully saturated rings. The Morgan fingerprint density at radius 3 is 1.90 bits per heavy atom. The van der Waals surface area contributed by atoms with E-state index in [4.69, 9.17) is 4.42 Å². The normalized spacial score (nSPS) is 19.1. The molecule has 1 saturated carbocycles. The Labute approximate surface area is 427 Å². The predicted molar refractivity (Wildman–Crippen MR) is 308 cm³/mol. The second-order valence-corrected chi connectivity index (χ2v) is 24.3. The van der Waals surface area contributed by atoms with Gasteiger partial charge >= 0.3 is 0 Å². The number of anilines is 8. The lowest BCUT2D eigenvalue weighted by Gasteiger charge is -2.51. The van der Waals surface area contributed by atoms with Crippen LogP contribution in [0.4, 0.5) is 45.5 Å². The van der Waals surface area contributed by atoms with E-state index in [1.807, 2.05) is 0 Å². The topological polar surface area (TPSA) is 22.9 Å². The molecule has 0 spiro atoms. The predicted octanol–water partition coefficient (Wildman–Crippen LogP) is 16.6. The molecule has 1 aliphatic carbocycles. The number of fused-ring (bicyclic) bond motifs is 10. The number of furan rings is 1. The van der Waals surface area contributed by atoms with Crippen LogP contribution in [-0.4, -0.2) is 12.3 Å². The Morgan fingerprint density at radius 1 is 0.500 bits per heavy atom. The summed E-state index contributed by atoms with van der Waals surface area (Å²) in [4.78, 5) is 8.01. The number of nitrogens with zero attached hydrogens (tertiary/aromatic N) is 3. The van der Waals surface area contributed by atoms with Crippen molar-refractivity contribution in [3.8, 4) is 11.1 Å². The van der Waals surface area contributed by atoms with Gasteiger partial charge in [-0.25, -0.2) is 0 Å². The smallest absolute Gasteiger partial charge is 0.252 e. The molecule has 8 aromatic carbocycles. The first-order valence-electron chi connectivity index (χ1n) is 26.5. The van der Waals surface area contributed by atoms with Gasteiger partial charge in [-0.2, -0.15) is 0 Å². The molecule has 5 heteroatoms. The van der Waals surface area contributed by atoms with Crippen LogP contribution in [0.1, 0.15) is 114 Å². The standard InChI is InChI=1S/C67H66BN3O/c1-41-33-43(3)62-57(34-41)71(67(11)32-18-17-31-66(62,67)10)48-25-27-52-56(40-48)69(47-26-30-61-51(39-47)49-21-15-16-22-60(49)72-61)58-35-42(2)36-59-63(58)68(52)53-38-46(65(7,8)9)24-29-55(53)70(59)54-28-23-45(64(4,5)6)37-50(54)44-19-13-12-14-20-44/h12-16,19-30,33-40H,17-18,31-32H2,1-11H3. The lowest BCUT2D eigenvalue weighted by molar-refractivity contribution is 0.194. The highest BCUT2D eigenvalue weighted by Crippen LogP contribution is 2.62. The maximum absolute atomic E-state index is 6.51. The maximum Gasteiger partial charge on any atom is 0.252 e. The zero-order chi connectivity index (χ0) is 49.8. The second-order valence-electron chi connectivity index (χ2n) is 24.3. The SMILES string of the molecule is Cc1cc2c3c(c1)N(c1ccc(C(C)(C)C)cc1-c1ccccc1)c1ccc(C(C)(C)C)cc1B3c1ccc(N3c4cc(C)cc(C)c4C4(C)CCCCC34C)cc1N2c1ccc2oc3ccccc3c2c1. The first kappa shape index (κ1) is 44.9. The van der Waals surface area contributed by atoms with Gasteiger partial charge in [0.2, 0.25) is 0 Å². The minimum atomic E-state index is -0.0886. The molecule has 3 aliphatic heterocycles. The quantitative estimate of drug-likeness (QED) is 0.164. The molecular weight excluding hydrogens is 874 g/mol. The van der Waals surface area contributed by atoms with E-state index in [0.717, 1.165) is 34.0 Å². The molecule has 4 aliphatic rings. The molecule has 13 rings (SSSR count). The zero-order valence-corrected chi connectivity index (χ0v) is 44.1. The summed E-state index contributed by atoms with van der Waals surface area (Å²) in [6.07, 6.45) is 4.83. The van der Waals surface area contributed by atoms with Gasteiger partial charge in [0, 0.05) is 61.6 Å². The summed E-state index contributed by atoms with van der Waals surface area (Å²) in [5.74, 6) is 0. The van der Waals surface area contributed by atoms with Gasteiger partial charge in [0.05, 0.1) is 11.2 Å². The molecular formula is C67H66BN3O. The second kappa shape index (κ2) is 15.5. The highest BCUT2D eigenvalue weighted by atomic mass is 16.3. The van der Waals surface area contributed by atoms with Crippen LogP contribution in [0.3, 0.4) is 0 Å². The van der Waals surface area contributed by atoms with E-state index < -0.39 is 0 Å². The fraction of sp³-hybridized carbons (Fsp3) is 0.284. The monoisotopic (exact) mass is 940 g/mol. The summed E-state index contributed by atoms with van der Waals surface area (Å²) in [6.45, 7) is 26.1. The van der Waals surface area contributed by atoms with Crippen LogP contribution < -0.4 is 31.1 Å². The van der Waals surface area contributed by atoms with Crippen molar-refractivity contribution in [3.63, 3.8) is 0 Å². The third-order valence-corrected chi connectivity index (χ3v) is 17.7. The number of para-hydroxylation sites is 1. The van der Waals surface area contributed by atoms with Crippen molar-refractivity contribution in [1.82, 2.24) is 0 Å². The van der Waals surface area contributed by atoms with Crippen molar-refractivity contribution >= 4 is 90.5 Å². The van der Waals surface area contributed by atoms with Crippen LogP contribution in [-0.2, 0) is 16.2 Å². The molecule has 0 bridgehead atoms. The van der Waals surface area contributed by atoms with E-state index in [0.29, 0.717) is 0 Å². The molecule has 358 valence electrons. The number of hydrogen-bond donors (Lipinski definition) is 0. The van der Waals surface area contributed by atoms with Gasteiger partial charge in [-0.3, -0.25) is 0 Å². The Hall–Kier alpha value is -6.98. The van der Waals surface area contributed by atoms with E-state index in [2.05, 4.69) is 243 Å².